The second kappa shape index (κ2) is 11.2. The summed E-state index contributed by atoms with van der Waals surface area (Å²) in [6.45, 7) is 7.18. The van der Waals surface area contributed by atoms with Gasteiger partial charge in [-0.2, -0.15) is 0 Å². The Hall–Kier alpha value is -2.22. The molecule has 0 bridgehead atoms. The molecule has 3 aromatic rings. The number of carbonyl (C=O) groups excluding carboxylic acids is 1. The van der Waals surface area contributed by atoms with Gasteiger partial charge in [-0.05, 0) is 15.4 Å². The van der Waals surface area contributed by atoms with E-state index in [0.29, 0.717) is 18.6 Å². The first-order chi connectivity index (χ1) is 16.8. The van der Waals surface area contributed by atoms with Crippen molar-refractivity contribution in [3.63, 3.8) is 0 Å². The molecule has 0 spiro atoms. The van der Waals surface area contributed by atoms with Crippen molar-refractivity contribution >= 4 is 35.6 Å². The van der Waals surface area contributed by atoms with Crippen LogP contribution < -0.4 is 10.4 Å². The van der Waals surface area contributed by atoms with Gasteiger partial charge in [-0.3, -0.25) is 4.79 Å². The Kier molecular flexibility index (Phi) is 8.29. The van der Waals surface area contributed by atoms with E-state index >= 15 is 0 Å². The molecule has 0 N–H and O–H groups in total. The maximum absolute atomic E-state index is 13.0. The zero-order valence-corrected chi connectivity index (χ0v) is 22.7. The Morgan fingerprint density at radius 3 is 1.91 bits per heavy atom. The molecule has 1 heterocycles. The van der Waals surface area contributed by atoms with E-state index in [4.69, 9.17) is 13.9 Å². The fourth-order valence-corrected chi connectivity index (χ4v) is 10.5. The molecule has 3 atom stereocenters. The molecule has 3 aromatic carbocycles. The van der Waals surface area contributed by atoms with Crippen molar-refractivity contribution in [2.45, 2.75) is 49.9 Å². The Morgan fingerprint density at radius 2 is 1.43 bits per heavy atom. The van der Waals surface area contributed by atoms with Gasteiger partial charge in [-0.25, -0.2) is 0 Å². The molecule has 6 heteroatoms. The molecule has 0 radical (unpaired) electrons. The molecule has 1 aliphatic rings. The predicted molar refractivity (Wildman–Crippen MR) is 146 cm³/mol. The maximum Gasteiger partial charge on any atom is 0.261 e. The molecule has 1 saturated heterocycles. The summed E-state index contributed by atoms with van der Waals surface area (Å²) >= 11 is 1.33. The topological polar surface area (TPSA) is 44.8 Å². The molecule has 4 rings (SSSR count). The highest BCUT2D eigenvalue weighted by Gasteiger charge is 2.51. The highest BCUT2D eigenvalue weighted by molar-refractivity contribution is 8.14. The van der Waals surface area contributed by atoms with E-state index in [1.807, 2.05) is 42.5 Å². The highest BCUT2D eigenvalue weighted by atomic mass is 32.2. The van der Waals surface area contributed by atoms with E-state index in [-0.39, 0.29) is 27.8 Å². The zero-order chi connectivity index (χ0) is 24.9. The SMILES string of the molecule is CO[C@H]1C[C@H](SC(=O)c2ccccc2)[C@@H](CO[Si](c2ccccc2)(c2ccccc2)C(C)(C)C)O1. The fourth-order valence-electron chi connectivity index (χ4n) is 4.85. The normalized spacial score (nSPS) is 20.6. The molecule has 0 aliphatic carbocycles. The van der Waals surface area contributed by atoms with Crippen LogP contribution in [0.2, 0.25) is 5.04 Å². The quantitative estimate of drug-likeness (QED) is 0.390. The molecule has 0 amide bonds. The minimum Gasteiger partial charge on any atom is -0.405 e. The van der Waals surface area contributed by atoms with Crippen LogP contribution in [0.4, 0.5) is 0 Å². The molecule has 35 heavy (non-hydrogen) atoms. The van der Waals surface area contributed by atoms with E-state index in [1.54, 1.807) is 7.11 Å². The van der Waals surface area contributed by atoms with Crippen LogP contribution in [0, 0.1) is 0 Å². The van der Waals surface area contributed by atoms with Crippen molar-refractivity contribution in [2.24, 2.45) is 0 Å². The lowest BCUT2D eigenvalue weighted by molar-refractivity contribution is -0.121. The first kappa shape index (κ1) is 25.9. The fraction of sp³-hybridized carbons (Fsp3) is 0.345. The summed E-state index contributed by atoms with van der Waals surface area (Å²) in [5.41, 5.74) is 0.699. The average Bonchev–Trinajstić information content (AvgIpc) is 3.27. The maximum atomic E-state index is 13.0. The van der Waals surface area contributed by atoms with Gasteiger partial charge in [0.25, 0.3) is 8.32 Å². The van der Waals surface area contributed by atoms with Crippen LogP contribution in [0.5, 0.6) is 0 Å². The largest absolute Gasteiger partial charge is 0.405 e. The van der Waals surface area contributed by atoms with Crippen LogP contribution in [-0.4, -0.2) is 44.8 Å². The lowest BCUT2D eigenvalue weighted by atomic mass is 10.2. The molecular formula is C29H34O4SSi. The number of hydrogen-bond donors (Lipinski definition) is 0. The second-order valence-electron chi connectivity index (χ2n) is 9.86. The van der Waals surface area contributed by atoms with Gasteiger partial charge >= 0.3 is 0 Å². The highest BCUT2D eigenvalue weighted by Crippen LogP contribution is 2.39. The Labute approximate surface area is 214 Å². The van der Waals surface area contributed by atoms with Crippen molar-refractivity contribution in [3.05, 3.63) is 96.6 Å². The lowest BCUT2D eigenvalue weighted by Gasteiger charge is -2.43. The smallest absolute Gasteiger partial charge is 0.261 e. The summed E-state index contributed by atoms with van der Waals surface area (Å²) in [6, 6.07) is 30.6. The van der Waals surface area contributed by atoms with Crippen molar-refractivity contribution in [1.29, 1.82) is 0 Å². The lowest BCUT2D eigenvalue weighted by Crippen LogP contribution is -2.67. The monoisotopic (exact) mass is 506 g/mol. The summed E-state index contributed by atoms with van der Waals surface area (Å²) < 4.78 is 18.9. The summed E-state index contributed by atoms with van der Waals surface area (Å²) in [7, 11) is -1.05. The van der Waals surface area contributed by atoms with Crippen molar-refractivity contribution in [1.82, 2.24) is 0 Å². The second-order valence-corrected chi connectivity index (χ2v) is 15.4. The molecule has 4 nitrogen and oxygen atoms in total. The third-order valence-corrected chi connectivity index (χ3v) is 12.8. The van der Waals surface area contributed by atoms with Crippen molar-refractivity contribution in [2.75, 3.05) is 13.7 Å². The number of benzene rings is 3. The summed E-state index contributed by atoms with van der Waals surface area (Å²) in [6.07, 6.45) is 0.0530. The van der Waals surface area contributed by atoms with Crippen molar-refractivity contribution in [3.8, 4) is 0 Å². The number of rotatable bonds is 8. The van der Waals surface area contributed by atoms with Crippen LogP contribution in [-0.2, 0) is 13.9 Å². The van der Waals surface area contributed by atoms with Crippen LogP contribution in [0.15, 0.2) is 91.0 Å². The van der Waals surface area contributed by atoms with E-state index in [1.165, 1.54) is 22.1 Å². The predicted octanol–water partition coefficient (Wildman–Crippen LogP) is 5.27. The molecule has 184 valence electrons. The van der Waals surface area contributed by atoms with E-state index in [2.05, 4.69) is 69.3 Å². The molecule has 0 unspecified atom stereocenters. The molecule has 0 saturated carbocycles. The van der Waals surface area contributed by atoms with Crippen LogP contribution in [0.3, 0.4) is 0 Å². The van der Waals surface area contributed by atoms with Crippen LogP contribution in [0.1, 0.15) is 37.6 Å². The van der Waals surface area contributed by atoms with E-state index < -0.39 is 8.32 Å². The van der Waals surface area contributed by atoms with Gasteiger partial charge in [0.1, 0.15) is 0 Å². The van der Waals surface area contributed by atoms with Gasteiger partial charge in [-0.1, -0.05) is 124 Å². The summed E-state index contributed by atoms with van der Waals surface area (Å²) in [5.74, 6) is 0. The summed E-state index contributed by atoms with van der Waals surface area (Å²) in [4.78, 5) is 13.0. The van der Waals surface area contributed by atoms with E-state index in [0.717, 1.165) is 0 Å². The summed E-state index contributed by atoms with van der Waals surface area (Å²) in [5, 5.41) is 2.32. The first-order valence-corrected chi connectivity index (χ1v) is 14.8. The van der Waals surface area contributed by atoms with E-state index in [9.17, 15) is 4.79 Å². The van der Waals surface area contributed by atoms with Gasteiger partial charge in [0.15, 0.2) is 6.29 Å². The third kappa shape index (κ3) is 5.62. The van der Waals surface area contributed by atoms with Crippen molar-refractivity contribution < 1.29 is 18.7 Å². The minimum absolute atomic E-state index is 0.0476. The Morgan fingerprint density at radius 1 is 0.914 bits per heavy atom. The van der Waals surface area contributed by atoms with Gasteiger partial charge in [0.2, 0.25) is 5.12 Å². The standard InChI is InChI=1S/C29H34O4SSi/c1-29(2,3)35(23-16-10-6-11-17-23,24-18-12-7-13-19-24)32-21-25-26(20-27(31-4)33-25)34-28(30)22-14-8-5-9-15-22/h5-19,25-27H,20-21H2,1-4H3/t25-,26+,27-/m1/s1. The van der Waals surface area contributed by atoms with Gasteiger partial charge in [-0.15, -0.1) is 0 Å². The molecule has 1 aliphatic heterocycles. The first-order valence-electron chi connectivity index (χ1n) is 12.0. The Balaban J connectivity index is 1.63. The third-order valence-electron chi connectivity index (χ3n) is 6.58. The number of thioether (sulfide) groups is 1. The zero-order valence-electron chi connectivity index (χ0n) is 20.8. The molecular weight excluding hydrogens is 472 g/mol. The number of methoxy groups -OCH3 is 1. The van der Waals surface area contributed by atoms with Gasteiger partial charge < -0.3 is 13.9 Å². The van der Waals surface area contributed by atoms with Crippen LogP contribution >= 0.6 is 11.8 Å². The molecule has 1 fully saturated rings. The number of hydrogen-bond acceptors (Lipinski definition) is 5. The van der Waals surface area contributed by atoms with Crippen LogP contribution in [0.25, 0.3) is 0 Å². The Bertz CT molecular complexity index is 1050. The van der Waals surface area contributed by atoms with Gasteiger partial charge in [0, 0.05) is 24.3 Å². The molecule has 0 aromatic heterocycles. The number of ether oxygens (including phenoxy) is 2. The minimum atomic E-state index is -2.70. The average molecular weight is 507 g/mol. The van der Waals surface area contributed by atoms with Gasteiger partial charge in [0.05, 0.1) is 12.7 Å². The number of carbonyl (C=O) groups is 1.